The van der Waals surface area contributed by atoms with Gasteiger partial charge in [-0.05, 0) is 6.42 Å². The fraction of sp³-hybridized carbons (Fsp3) is 0.714. The van der Waals surface area contributed by atoms with Crippen molar-refractivity contribution in [3.8, 4) is 0 Å². The number of hydrogen-bond donors (Lipinski definition) is 2. The molecule has 0 unspecified atom stereocenters. The molecule has 0 atom stereocenters. The summed E-state index contributed by atoms with van der Waals surface area (Å²) in [4.78, 5) is 21.1. The van der Waals surface area contributed by atoms with Crippen LogP contribution in [0.5, 0.6) is 0 Å². The molecule has 4 nitrogen and oxygen atoms in total. The molecule has 0 bridgehead atoms. The van der Waals surface area contributed by atoms with Crippen LogP contribution in [0.1, 0.15) is 27.2 Å². The topological polar surface area (TPSA) is 66.4 Å². The number of imide groups is 1. The van der Waals surface area contributed by atoms with E-state index in [0.29, 0.717) is 6.42 Å². The Morgan fingerprint density at radius 2 is 1.91 bits per heavy atom. The Bertz CT molecular complexity index is 175. The van der Waals surface area contributed by atoms with E-state index in [2.05, 4.69) is 0 Å². The van der Waals surface area contributed by atoms with E-state index in [-0.39, 0.29) is 0 Å². The molecule has 0 aromatic carbocycles. The van der Waals surface area contributed by atoms with Crippen LogP contribution in [0.4, 0.5) is 4.79 Å². The lowest BCUT2D eigenvalue weighted by Crippen LogP contribution is -2.39. The number of nitrogens with one attached hydrogen (secondary N) is 1. The second kappa shape index (κ2) is 3.37. The van der Waals surface area contributed by atoms with Crippen molar-refractivity contribution >= 4 is 12.0 Å². The van der Waals surface area contributed by atoms with Gasteiger partial charge in [-0.2, -0.15) is 0 Å². The second-order valence-electron chi connectivity index (χ2n) is 3.00. The van der Waals surface area contributed by atoms with Crippen LogP contribution in [-0.4, -0.2) is 17.1 Å². The molecule has 0 heterocycles. The molecule has 0 fully saturated rings. The third kappa shape index (κ3) is 3.02. The highest BCUT2D eigenvalue weighted by molar-refractivity contribution is 5.93. The van der Waals surface area contributed by atoms with E-state index >= 15 is 0 Å². The van der Waals surface area contributed by atoms with Crippen LogP contribution in [0.3, 0.4) is 0 Å². The summed E-state index contributed by atoms with van der Waals surface area (Å²) in [6, 6.07) is 0. The van der Waals surface area contributed by atoms with Gasteiger partial charge in [0.1, 0.15) is 0 Å². The van der Waals surface area contributed by atoms with Crippen LogP contribution in [0.25, 0.3) is 0 Å². The van der Waals surface area contributed by atoms with Gasteiger partial charge in [-0.25, -0.2) is 4.79 Å². The number of rotatable bonds is 2. The van der Waals surface area contributed by atoms with Crippen molar-refractivity contribution in [2.45, 2.75) is 27.2 Å². The van der Waals surface area contributed by atoms with Crippen molar-refractivity contribution < 1.29 is 14.7 Å². The maximum atomic E-state index is 11.0. The van der Waals surface area contributed by atoms with Gasteiger partial charge in [0.2, 0.25) is 5.91 Å². The van der Waals surface area contributed by atoms with E-state index in [1.807, 2.05) is 12.2 Å². The smallest absolute Gasteiger partial charge is 0.411 e. The number of amides is 2. The summed E-state index contributed by atoms with van der Waals surface area (Å²) in [6.45, 7) is 5.23. The highest BCUT2D eigenvalue weighted by atomic mass is 16.4. The zero-order valence-electron chi connectivity index (χ0n) is 6.97. The Morgan fingerprint density at radius 1 is 1.45 bits per heavy atom. The summed E-state index contributed by atoms with van der Waals surface area (Å²) >= 11 is 0. The van der Waals surface area contributed by atoms with E-state index in [1.54, 1.807) is 13.8 Å². The molecule has 11 heavy (non-hydrogen) atoms. The molecule has 2 N–H and O–H groups in total. The molecule has 0 saturated carbocycles. The molecule has 2 amide bonds. The maximum Gasteiger partial charge on any atom is 0.411 e. The van der Waals surface area contributed by atoms with E-state index < -0.39 is 17.4 Å². The minimum absolute atomic E-state index is 0.451. The van der Waals surface area contributed by atoms with Crippen LogP contribution < -0.4 is 5.32 Å². The summed E-state index contributed by atoms with van der Waals surface area (Å²) in [5.74, 6) is -0.451. The fourth-order valence-electron chi connectivity index (χ4n) is 0.427. The Hall–Kier alpha value is -1.06. The van der Waals surface area contributed by atoms with Crippen molar-refractivity contribution in [2.75, 3.05) is 0 Å². The molecule has 0 aliphatic heterocycles. The van der Waals surface area contributed by atoms with Crippen LogP contribution >= 0.6 is 0 Å². The normalized spacial score (nSPS) is 10.8. The molecule has 4 heteroatoms. The van der Waals surface area contributed by atoms with Crippen molar-refractivity contribution in [1.29, 1.82) is 0 Å². The van der Waals surface area contributed by atoms with Gasteiger partial charge in [0.15, 0.2) is 0 Å². The standard InChI is InChI=1S/C7H13NO3/c1-4-7(2,3)5(9)8-6(10)11/h4H2,1-3H3,(H,8,9)(H,10,11). The van der Waals surface area contributed by atoms with Gasteiger partial charge in [0, 0.05) is 5.41 Å². The Balaban J connectivity index is 4.13. The van der Waals surface area contributed by atoms with E-state index in [0.717, 1.165) is 0 Å². The molecule has 0 aliphatic rings. The van der Waals surface area contributed by atoms with E-state index in [4.69, 9.17) is 5.11 Å². The average Bonchev–Trinajstić information content (AvgIpc) is 1.86. The van der Waals surface area contributed by atoms with E-state index in [9.17, 15) is 9.59 Å². The summed E-state index contributed by atoms with van der Waals surface area (Å²) in [6.07, 6.45) is -0.678. The lowest BCUT2D eigenvalue weighted by molar-refractivity contribution is -0.128. The van der Waals surface area contributed by atoms with Crippen LogP contribution in [0, 0.1) is 5.41 Å². The predicted octanol–water partition coefficient (Wildman–Crippen LogP) is 1.22. The maximum absolute atomic E-state index is 11.0. The SMILES string of the molecule is CCC(C)(C)C(=O)NC(=O)O. The van der Waals surface area contributed by atoms with Crippen LogP contribution in [-0.2, 0) is 4.79 Å². The predicted molar refractivity (Wildman–Crippen MR) is 40.2 cm³/mol. The lowest BCUT2D eigenvalue weighted by atomic mass is 9.89. The van der Waals surface area contributed by atoms with Gasteiger partial charge in [-0.15, -0.1) is 0 Å². The lowest BCUT2D eigenvalue weighted by Gasteiger charge is -2.19. The molecule has 0 radical (unpaired) electrons. The zero-order valence-corrected chi connectivity index (χ0v) is 6.97. The number of carbonyl (C=O) groups is 2. The molecule has 0 saturated heterocycles. The van der Waals surface area contributed by atoms with Gasteiger partial charge in [-0.3, -0.25) is 10.1 Å². The molecule has 0 spiro atoms. The number of hydrogen-bond acceptors (Lipinski definition) is 2. The molecule has 0 rings (SSSR count). The number of carboxylic acid groups (broad SMARTS) is 1. The van der Waals surface area contributed by atoms with Gasteiger partial charge in [0.25, 0.3) is 0 Å². The van der Waals surface area contributed by atoms with Crippen molar-refractivity contribution in [1.82, 2.24) is 5.32 Å². The van der Waals surface area contributed by atoms with Crippen LogP contribution in [0.2, 0.25) is 0 Å². The molecule has 64 valence electrons. The van der Waals surface area contributed by atoms with Crippen molar-refractivity contribution in [3.05, 3.63) is 0 Å². The third-order valence-corrected chi connectivity index (χ3v) is 1.72. The summed E-state index contributed by atoms with van der Waals surface area (Å²) in [5.41, 5.74) is -0.599. The fourth-order valence-corrected chi connectivity index (χ4v) is 0.427. The molecule has 0 aliphatic carbocycles. The first kappa shape index (κ1) is 9.94. The minimum Gasteiger partial charge on any atom is -0.465 e. The minimum atomic E-state index is -1.29. The van der Waals surface area contributed by atoms with Crippen LogP contribution in [0.15, 0.2) is 0 Å². The largest absolute Gasteiger partial charge is 0.465 e. The monoisotopic (exact) mass is 159 g/mol. The summed E-state index contributed by atoms with van der Waals surface area (Å²) in [7, 11) is 0. The summed E-state index contributed by atoms with van der Waals surface area (Å²) in [5, 5.41) is 10.0. The average molecular weight is 159 g/mol. The van der Waals surface area contributed by atoms with Gasteiger partial charge in [0.05, 0.1) is 0 Å². The van der Waals surface area contributed by atoms with Crippen molar-refractivity contribution in [2.24, 2.45) is 5.41 Å². The first-order valence-electron chi connectivity index (χ1n) is 3.44. The molecular formula is C7H13NO3. The molecule has 0 aromatic heterocycles. The summed E-state index contributed by atoms with van der Waals surface area (Å²) < 4.78 is 0. The van der Waals surface area contributed by atoms with Gasteiger partial charge < -0.3 is 5.11 Å². The Morgan fingerprint density at radius 3 is 2.18 bits per heavy atom. The number of carbonyl (C=O) groups excluding carboxylic acids is 1. The van der Waals surface area contributed by atoms with Gasteiger partial charge >= 0.3 is 6.09 Å². The molecular weight excluding hydrogens is 146 g/mol. The van der Waals surface area contributed by atoms with Gasteiger partial charge in [-0.1, -0.05) is 20.8 Å². The first-order valence-corrected chi connectivity index (χ1v) is 3.44. The Kier molecular flexibility index (Phi) is 3.04. The third-order valence-electron chi connectivity index (χ3n) is 1.72. The Labute approximate surface area is 65.6 Å². The highest BCUT2D eigenvalue weighted by Crippen LogP contribution is 2.18. The van der Waals surface area contributed by atoms with Crippen molar-refractivity contribution in [3.63, 3.8) is 0 Å². The highest BCUT2D eigenvalue weighted by Gasteiger charge is 2.26. The first-order chi connectivity index (χ1) is 4.90. The van der Waals surface area contributed by atoms with E-state index in [1.165, 1.54) is 0 Å². The second-order valence-corrected chi connectivity index (χ2v) is 3.00. The molecule has 0 aromatic rings. The quantitative estimate of drug-likeness (QED) is 0.636. The zero-order chi connectivity index (χ0) is 9.07.